The highest BCUT2D eigenvalue weighted by molar-refractivity contribution is 5.97. The first-order chi connectivity index (χ1) is 11.4. The van der Waals surface area contributed by atoms with E-state index in [1.807, 2.05) is 38.1 Å². The molecule has 1 aromatic carbocycles. The predicted molar refractivity (Wildman–Crippen MR) is 98.4 cm³/mol. The molecule has 132 valence electrons. The van der Waals surface area contributed by atoms with Crippen molar-refractivity contribution in [1.82, 2.24) is 5.32 Å². The van der Waals surface area contributed by atoms with E-state index >= 15 is 0 Å². The number of hydrogen-bond donors (Lipinski definition) is 1. The zero-order valence-electron chi connectivity index (χ0n) is 15.2. The van der Waals surface area contributed by atoms with Gasteiger partial charge in [-0.15, -0.1) is 0 Å². The summed E-state index contributed by atoms with van der Waals surface area (Å²) in [5.41, 5.74) is 1.94. The molecule has 24 heavy (non-hydrogen) atoms. The Morgan fingerprint density at radius 1 is 1.21 bits per heavy atom. The summed E-state index contributed by atoms with van der Waals surface area (Å²) in [5, 5.41) is 2.82. The molecule has 1 aromatic rings. The van der Waals surface area contributed by atoms with Gasteiger partial charge in [-0.3, -0.25) is 9.59 Å². The van der Waals surface area contributed by atoms with Gasteiger partial charge in [-0.1, -0.05) is 6.92 Å². The number of carbonyl (C=O) groups excluding carboxylic acids is 2. The molecule has 0 unspecified atom stereocenters. The van der Waals surface area contributed by atoms with Crippen LogP contribution in [0, 0.1) is 5.92 Å². The summed E-state index contributed by atoms with van der Waals surface area (Å²) in [6.07, 6.45) is 2.44. The van der Waals surface area contributed by atoms with Gasteiger partial charge in [0.25, 0.3) is 0 Å². The lowest BCUT2D eigenvalue weighted by atomic mass is 9.99. The van der Waals surface area contributed by atoms with Crippen molar-refractivity contribution in [2.45, 2.75) is 46.6 Å². The minimum Gasteiger partial charge on any atom is -0.372 e. The van der Waals surface area contributed by atoms with Crippen LogP contribution in [0.25, 0.3) is 0 Å². The van der Waals surface area contributed by atoms with Crippen LogP contribution in [0.2, 0.25) is 0 Å². The molecular formula is C19H29N3O2. The van der Waals surface area contributed by atoms with Crippen molar-refractivity contribution in [2.24, 2.45) is 5.92 Å². The van der Waals surface area contributed by atoms with Gasteiger partial charge >= 0.3 is 0 Å². The number of benzene rings is 1. The zero-order chi connectivity index (χ0) is 17.7. The van der Waals surface area contributed by atoms with E-state index in [1.54, 1.807) is 0 Å². The zero-order valence-corrected chi connectivity index (χ0v) is 15.2. The maximum absolute atomic E-state index is 12.0. The van der Waals surface area contributed by atoms with Gasteiger partial charge in [-0.05, 0) is 56.9 Å². The van der Waals surface area contributed by atoms with Gasteiger partial charge in [0.15, 0.2) is 0 Å². The molecule has 0 radical (unpaired) electrons. The molecule has 0 atom stereocenters. The molecule has 1 aliphatic rings. The molecule has 2 amide bonds. The molecular weight excluding hydrogens is 302 g/mol. The van der Waals surface area contributed by atoms with E-state index in [0.717, 1.165) is 24.7 Å². The average Bonchev–Trinajstić information content (AvgIpc) is 2.53. The molecule has 5 heteroatoms. The Hall–Kier alpha value is -2.04. The summed E-state index contributed by atoms with van der Waals surface area (Å²) in [6.45, 7) is 9.81. The van der Waals surface area contributed by atoms with E-state index in [1.165, 1.54) is 30.4 Å². The van der Waals surface area contributed by atoms with Crippen LogP contribution in [0.5, 0.6) is 0 Å². The van der Waals surface area contributed by atoms with E-state index in [2.05, 4.69) is 17.1 Å². The molecule has 0 aliphatic carbocycles. The highest BCUT2D eigenvalue weighted by Crippen LogP contribution is 2.25. The van der Waals surface area contributed by atoms with Crippen molar-refractivity contribution in [3.05, 3.63) is 24.3 Å². The third-order valence-corrected chi connectivity index (χ3v) is 4.44. The van der Waals surface area contributed by atoms with Gasteiger partial charge in [-0.2, -0.15) is 0 Å². The standard InChI is InChI=1S/C19H29N3O2/c1-14(2)20-19(24)13-22(16(4)23)18-7-5-17(6-8-18)21-11-9-15(3)10-12-21/h5-8,14-15H,9-13H2,1-4H3,(H,20,24). The van der Waals surface area contributed by atoms with E-state index in [9.17, 15) is 9.59 Å². The molecule has 5 nitrogen and oxygen atoms in total. The SMILES string of the molecule is CC(=O)N(CC(=O)NC(C)C)c1ccc(N2CCC(C)CC2)cc1. The minimum atomic E-state index is -0.144. The lowest BCUT2D eigenvalue weighted by Gasteiger charge is -2.32. The fraction of sp³-hybridized carbons (Fsp3) is 0.579. The Bertz CT molecular complexity index is 560. The molecule has 0 bridgehead atoms. The minimum absolute atomic E-state index is 0.0497. The van der Waals surface area contributed by atoms with Crippen LogP contribution >= 0.6 is 0 Å². The van der Waals surface area contributed by atoms with Gasteiger partial charge < -0.3 is 15.1 Å². The predicted octanol–water partition coefficient (Wildman–Crippen LogP) is 2.80. The molecule has 0 spiro atoms. The Labute approximate surface area is 145 Å². The highest BCUT2D eigenvalue weighted by atomic mass is 16.2. The number of nitrogens with one attached hydrogen (secondary N) is 1. The lowest BCUT2D eigenvalue weighted by molar-refractivity contribution is -0.123. The van der Waals surface area contributed by atoms with Crippen LogP contribution in [-0.2, 0) is 9.59 Å². The van der Waals surface area contributed by atoms with Crippen molar-refractivity contribution in [2.75, 3.05) is 29.4 Å². The number of hydrogen-bond acceptors (Lipinski definition) is 3. The van der Waals surface area contributed by atoms with Crippen molar-refractivity contribution < 1.29 is 9.59 Å². The summed E-state index contributed by atoms with van der Waals surface area (Å²) in [4.78, 5) is 27.8. The van der Waals surface area contributed by atoms with Crippen molar-refractivity contribution in [1.29, 1.82) is 0 Å². The average molecular weight is 331 g/mol. The quantitative estimate of drug-likeness (QED) is 0.903. The molecule has 1 saturated heterocycles. The highest BCUT2D eigenvalue weighted by Gasteiger charge is 2.18. The second-order valence-electron chi connectivity index (χ2n) is 7.01. The Morgan fingerprint density at radius 2 is 1.79 bits per heavy atom. The third-order valence-electron chi connectivity index (χ3n) is 4.44. The first-order valence-corrected chi connectivity index (χ1v) is 8.79. The number of rotatable bonds is 5. The van der Waals surface area contributed by atoms with Crippen LogP contribution in [0.4, 0.5) is 11.4 Å². The summed E-state index contributed by atoms with van der Waals surface area (Å²) in [7, 11) is 0. The lowest BCUT2D eigenvalue weighted by Crippen LogP contribution is -2.42. The fourth-order valence-corrected chi connectivity index (χ4v) is 3.01. The van der Waals surface area contributed by atoms with Crippen LogP contribution in [0.15, 0.2) is 24.3 Å². The fourth-order valence-electron chi connectivity index (χ4n) is 3.01. The number of carbonyl (C=O) groups is 2. The number of piperidine rings is 1. The van der Waals surface area contributed by atoms with Gasteiger partial charge in [0, 0.05) is 37.4 Å². The first-order valence-electron chi connectivity index (χ1n) is 8.79. The van der Waals surface area contributed by atoms with E-state index < -0.39 is 0 Å². The Balaban J connectivity index is 2.05. The second-order valence-corrected chi connectivity index (χ2v) is 7.01. The largest absolute Gasteiger partial charge is 0.372 e. The summed E-state index contributed by atoms with van der Waals surface area (Å²) >= 11 is 0. The normalized spacial score (nSPS) is 15.5. The van der Waals surface area contributed by atoms with Crippen LogP contribution in [0.3, 0.4) is 0 Å². The topological polar surface area (TPSA) is 52.7 Å². The smallest absolute Gasteiger partial charge is 0.240 e. The Morgan fingerprint density at radius 3 is 2.29 bits per heavy atom. The number of amides is 2. The van der Waals surface area contributed by atoms with Crippen molar-refractivity contribution in [3.63, 3.8) is 0 Å². The molecule has 1 N–H and O–H groups in total. The molecule has 2 rings (SSSR count). The first kappa shape index (κ1) is 18.3. The summed E-state index contributed by atoms with van der Waals surface area (Å²) < 4.78 is 0. The van der Waals surface area contributed by atoms with Gasteiger partial charge in [0.1, 0.15) is 6.54 Å². The molecule has 0 aromatic heterocycles. The van der Waals surface area contributed by atoms with Gasteiger partial charge in [0.05, 0.1) is 0 Å². The van der Waals surface area contributed by atoms with Crippen LogP contribution in [0.1, 0.15) is 40.5 Å². The van der Waals surface area contributed by atoms with Gasteiger partial charge in [-0.25, -0.2) is 0 Å². The van der Waals surface area contributed by atoms with E-state index in [-0.39, 0.29) is 24.4 Å². The van der Waals surface area contributed by atoms with E-state index in [0.29, 0.717) is 0 Å². The molecule has 0 saturated carbocycles. The number of anilines is 2. The molecule has 1 fully saturated rings. The second kappa shape index (κ2) is 8.18. The monoisotopic (exact) mass is 331 g/mol. The third kappa shape index (κ3) is 4.98. The van der Waals surface area contributed by atoms with Crippen LogP contribution < -0.4 is 15.1 Å². The summed E-state index contributed by atoms with van der Waals surface area (Å²) in [6, 6.07) is 8.01. The van der Waals surface area contributed by atoms with Crippen molar-refractivity contribution in [3.8, 4) is 0 Å². The van der Waals surface area contributed by atoms with E-state index in [4.69, 9.17) is 0 Å². The number of nitrogens with zero attached hydrogens (tertiary/aromatic N) is 2. The molecule has 1 aliphatic heterocycles. The molecule has 1 heterocycles. The summed E-state index contributed by atoms with van der Waals surface area (Å²) in [5.74, 6) is 0.524. The van der Waals surface area contributed by atoms with Crippen LogP contribution in [-0.4, -0.2) is 37.5 Å². The van der Waals surface area contributed by atoms with Crippen molar-refractivity contribution >= 4 is 23.2 Å². The van der Waals surface area contributed by atoms with Gasteiger partial charge in [0.2, 0.25) is 11.8 Å². The maximum Gasteiger partial charge on any atom is 0.240 e. The maximum atomic E-state index is 12.0. The Kier molecular flexibility index (Phi) is 6.23.